The molecule has 0 radical (unpaired) electrons. The fraction of sp³-hybridized carbons (Fsp3) is 0.500. The van der Waals surface area contributed by atoms with Crippen molar-refractivity contribution in [2.24, 2.45) is 0 Å². The first-order valence-electron chi connectivity index (χ1n) is 6.56. The van der Waals surface area contributed by atoms with E-state index in [9.17, 15) is 9.18 Å². The lowest BCUT2D eigenvalue weighted by Gasteiger charge is -2.08. The number of unbranched alkanes of at least 4 members (excludes halogenated alkanes) is 1. The molecule has 0 spiro atoms. The Morgan fingerprint density at radius 1 is 1.25 bits per heavy atom. The number of ether oxygens (including phenoxy) is 1. The Hall–Kier alpha value is -0.840. The SMILES string of the molecule is CCCCOCCCNC(=O)c1cc(F)c(Cl)cc1Cl. The van der Waals surface area contributed by atoms with Crippen LogP contribution in [0.2, 0.25) is 10.0 Å². The van der Waals surface area contributed by atoms with E-state index in [0.717, 1.165) is 25.5 Å². The van der Waals surface area contributed by atoms with Crippen molar-refractivity contribution in [3.63, 3.8) is 0 Å². The van der Waals surface area contributed by atoms with E-state index in [-0.39, 0.29) is 15.6 Å². The predicted molar refractivity (Wildman–Crippen MR) is 79.1 cm³/mol. The molecular weight excluding hydrogens is 304 g/mol. The number of hydrogen-bond acceptors (Lipinski definition) is 2. The first-order chi connectivity index (χ1) is 9.56. The molecule has 0 heterocycles. The number of halogens is 3. The highest BCUT2D eigenvalue weighted by Gasteiger charge is 2.13. The molecular formula is C14H18Cl2FNO2. The molecule has 0 aliphatic carbocycles. The standard InChI is InChI=1S/C14H18Cl2FNO2/c1-2-3-6-20-7-4-5-18-14(19)10-8-13(17)12(16)9-11(10)15/h8-9H,2-7H2,1H3,(H,18,19). The Labute approximate surface area is 128 Å². The molecule has 0 atom stereocenters. The molecule has 0 aliphatic heterocycles. The summed E-state index contributed by atoms with van der Waals surface area (Å²) in [6.45, 7) is 3.87. The Balaban J connectivity index is 2.34. The van der Waals surface area contributed by atoms with Crippen molar-refractivity contribution in [2.45, 2.75) is 26.2 Å². The minimum absolute atomic E-state index is 0.0838. The first kappa shape index (κ1) is 17.2. The van der Waals surface area contributed by atoms with Crippen molar-refractivity contribution in [2.75, 3.05) is 19.8 Å². The Bertz CT molecular complexity index is 455. The largest absolute Gasteiger partial charge is 0.381 e. The molecule has 0 aromatic heterocycles. The maximum absolute atomic E-state index is 13.3. The summed E-state index contributed by atoms with van der Waals surface area (Å²) in [6, 6.07) is 2.26. The number of hydrogen-bond donors (Lipinski definition) is 1. The number of amides is 1. The summed E-state index contributed by atoms with van der Waals surface area (Å²) in [5.74, 6) is -1.08. The van der Waals surface area contributed by atoms with Gasteiger partial charge in [-0.25, -0.2) is 4.39 Å². The van der Waals surface area contributed by atoms with E-state index in [0.29, 0.717) is 19.6 Å². The van der Waals surface area contributed by atoms with Gasteiger partial charge in [-0.15, -0.1) is 0 Å². The third kappa shape index (κ3) is 5.65. The van der Waals surface area contributed by atoms with Gasteiger partial charge in [0.1, 0.15) is 5.82 Å². The van der Waals surface area contributed by atoms with Crippen LogP contribution in [0.1, 0.15) is 36.5 Å². The summed E-state index contributed by atoms with van der Waals surface area (Å²) in [7, 11) is 0. The van der Waals surface area contributed by atoms with Gasteiger partial charge < -0.3 is 10.1 Å². The number of benzene rings is 1. The second-order valence-electron chi connectivity index (χ2n) is 4.32. The molecule has 0 aliphatic rings. The van der Waals surface area contributed by atoms with Crippen LogP contribution in [0.25, 0.3) is 0 Å². The molecule has 1 amide bonds. The van der Waals surface area contributed by atoms with Gasteiger partial charge in [0.05, 0.1) is 15.6 Å². The molecule has 1 rings (SSSR count). The van der Waals surface area contributed by atoms with Gasteiger partial charge in [-0.3, -0.25) is 4.79 Å². The zero-order chi connectivity index (χ0) is 15.0. The fourth-order valence-corrected chi connectivity index (χ4v) is 1.99. The third-order valence-electron chi connectivity index (χ3n) is 2.65. The molecule has 6 heteroatoms. The lowest BCUT2D eigenvalue weighted by atomic mass is 10.2. The molecule has 3 nitrogen and oxygen atoms in total. The molecule has 1 N–H and O–H groups in total. The van der Waals surface area contributed by atoms with E-state index in [1.165, 1.54) is 6.07 Å². The second kappa shape index (κ2) is 9.16. The van der Waals surface area contributed by atoms with Gasteiger partial charge in [0.2, 0.25) is 0 Å². The van der Waals surface area contributed by atoms with E-state index in [4.69, 9.17) is 27.9 Å². The summed E-state index contributed by atoms with van der Waals surface area (Å²) < 4.78 is 18.7. The van der Waals surface area contributed by atoms with Crippen LogP contribution in [0.3, 0.4) is 0 Å². The lowest BCUT2D eigenvalue weighted by molar-refractivity contribution is 0.0940. The van der Waals surface area contributed by atoms with Gasteiger partial charge in [-0.2, -0.15) is 0 Å². The molecule has 0 bridgehead atoms. The van der Waals surface area contributed by atoms with E-state index in [1.54, 1.807) is 0 Å². The van der Waals surface area contributed by atoms with Crippen LogP contribution in [0.5, 0.6) is 0 Å². The normalized spacial score (nSPS) is 10.6. The molecule has 112 valence electrons. The first-order valence-corrected chi connectivity index (χ1v) is 7.32. The molecule has 0 unspecified atom stereocenters. The lowest BCUT2D eigenvalue weighted by Crippen LogP contribution is -2.25. The van der Waals surface area contributed by atoms with Crippen molar-refractivity contribution in [3.8, 4) is 0 Å². The van der Waals surface area contributed by atoms with Gasteiger partial charge in [0.15, 0.2) is 0 Å². The van der Waals surface area contributed by atoms with Crippen LogP contribution < -0.4 is 5.32 Å². The molecule has 20 heavy (non-hydrogen) atoms. The van der Waals surface area contributed by atoms with Gasteiger partial charge in [-0.1, -0.05) is 36.5 Å². The van der Waals surface area contributed by atoms with E-state index < -0.39 is 11.7 Å². The average molecular weight is 322 g/mol. The van der Waals surface area contributed by atoms with Crippen molar-refractivity contribution in [3.05, 3.63) is 33.6 Å². The van der Waals surface area contributed by atoms with Crippen molar-refractivity contribution >= 4 is 29.1 Å². The van der Waals surface area contributed by atoms with Gasteiger partial charge >= 0.3 is 0 Å². The zero-order valence-corrected chi connectivity index (χ0v) is 12.9. The Morgan fingerprint density at radius 3 is 2.65 bits per heavy atom. The monoisotopic (exact) mass is 321 g/mol. The molecule has 0 fully saturated rings. The highest BCUT2D eigenvalue weighted by atomic mass is 35.5. The van der Waals surface area contributed by atoms with Crippen LogP contribution in [0.15, 0.2) is 12.1 Å². The highest BCUT2D eigenvalue weighted by molar-refractivity contribution is 6.36. The second-order valence-corrected chi connectivity index (χ2v) is 5.14. The van der Waals surface area contributed by atoms with E-state index in [2.05, 4.69) is 12.2 Å². The predicted octanol–water partition coefficient (Wildman–Crippen LogP) is 4.07. The number of rotatable bonds is 8. The van der Waals surface area contributed by atoms with Gasteiger partial charge in [-0.05, 0) is 25.0 Å². The minimum atomic E-state index is -0.663. The van der Waals surface area contributed by atoms with Crippen molar-refractivity contribution in [1.82, 2.24) is 5.32 Å². The van der Waals surface area contributed by atoms with Crippen LogP contribution >= 0.6 is 23.2 Å². The smallest absolute Gasteiger partial charge is 0.252 e. The topological polar surface area (TPSA) is 38.3 Å². The highest BCUT2D eigenvalue weighted by Crippen LogP contribution is 2.24. The summed E-state index contributed by atoms with van der Waals surface area (Å²) >= 11 is 11.4. The third-order valence-corrected chi connectivity index (χ3v) is 3.25. The zero-order valence-electron chi connectivity index (χ0n) is 11.3. The Kier molecular flexibility index (Phi) is 7.88. The maximum atomic E-state index is 13.3. The maximum Gasteiger partial charge on any atom is 0.252 e. The Morgan fingerprint density at radius 2 is 1.95 bits per heavy atom. The van der Waals surface area contributed by atoms with Crippen molar-refractivity contribution in [1.29, 1.82) is 0 Å². The average Bonchev–Trinajstić information content (AvgIpc) is 2.41. The molecule has 1 aromatic carbocycles. The minimum Gasteiger partial charge on any atom is -0.381 e. The summed E-state index contributed by atoms with van der Waals surface area (Å²) in [4.78, 5) is 11.8. The molecule has 0 saturated heterocycles. The van der Waals surface area contributed by atoms with Gasteiger partial charge in [0, 0.05) is 19.8 Å². The number of nitrogens with one attached hydrogen (secondary N) is 1. The van der Waals surface area contributed by atoms with E-state index >= 15 is 0 Å². The summed E-state index contributed by atoms with van der Waals surface area (Å²) in [5, 5.41) is 2.70. The van der Waals surface area contributed by atoms with Crippen molar-refractivity contribution < 1.29 is 13.9 Å². The van der Waals surface area contributed by atoms with Crippen LogP contribution in [-0.4, -0.2) is 25.7 Å². The van der Waals surface area contributed by atoms with E-state index in [1.807, 2.05) is 0 Å². The van der Waals surface area contributed by atoms with Crippen LogP contribution in [-0.2, 0) is 4.74 Å². The number of carbonyl (C=O) groups is 1. The van der Waals surface area contributed by atoms with Crippen LogP contribution in [0.4, 0.5) is 4.39 Å². The quantitative estimate of drug-likeness (QED) is 0.579. The summed E-state index contributed by atoms with van der Waals surface area (Å²) in [6.07, 6.45) is 2.83. The summed E-state index contributed by atoms with van der Waals surface area (Å²) in [5.41, 5.74) is 0.0838. The molecule has 0 saturated carbocycles. The van der Waals surface area contributed by atoms with Gasteiger partial charge in [0.25, 0.3) is 5.91 Å². The number of carbonyl (C=O) groups excluding carboxylic acids is 1. The van der Waals surface area contributed by atoms with Crippen LogP contribution in [0, 0.1) is 5.82 Å². The molecule has 1 aromatic rings. The fourth-order valence-electron chi connectivity index (χ4n) is 1.52.